The Balaban J connectivity index is 2.30. The molecule has 0 saturated carbocycles. The van der Waals surface area contributed by atoms with Gasteiger partial charge in [0.2, 0.25) is 0 Å². The zero-order valence-electron chi connectivity index (χ0n) is 12.7. The van der Waals surface area contributed by atoms with Crippen molar-refractivity contribution in [2.45, 2.75) is 46.0 Å². The van der Waals surface area contributed by atoms with Gasteiger partial charge in [0.1, 0.15) is 11.6 Å². The standard InChI is InChI=1S/C15H23N3O3/c1-3-6-15(14(20)21)7-5-8-18(10-15)12-9-13(19)17-11(4-2)16-12/h9H,3-8,10H2,1-2H3,(H,20,21)(H,16,17,19). The summed E-state index contributed by atoms with van der Waals surface area (Å²) in [5, 5.41) is 9.62. The summed E-state index contributed by atoms with van der Waals surface area (Å²) in [6, 6.07) is 1.46. The summed E-state index contributed by atoms with van der Waals surface area (Å²) in [4.78, 5) is 32.5. The molecular formula is C15H23N3O3. The number of piperidine rings is 1. The fraction of sp³-hybridized carbons (Fsp3) is 0.667. The lowest BCUT2D eigenvalue weighted by Crippen LogP contribution is -2.48. The molecule has 1 fully saturated rings. The lowest BCUT2D eigenvalue weighted by atomic mass is 9.76. The van der Waals surface area contributed by atoms with Gasteiger partial charge in [-0.3, -0.25) is 9.59 Å². The quantitative estimate of drug-likeness (QED) is 0.864. The van der Waals surface area contributed by atoms with E-state index in [4.69, 9.17) is 0 Å². The van der Waals surface area contributed by atoms with Crippen LogP contribution < -0.4 is 10.5 Å². The molecule has 1 aromatic rings. The van der Waals surface area contributed by atoms with Crippen LogP contribution in [0, 0.1) is 5.41 Å². The van der Waals surface area contributed by atoms with Crippen LogP contribution in [-0.2, 0) is 11.2 Å². The summed E-state index contributed by atoms with van der Waals surface area (Å²) < 4.78 is 0. The number of carboxylic acids is 1. The molecule has 2 rings (SSSR count). The molecule has 0 bridgehead atoms. The third-order valence-electron chi connectivity index (χ3n) is 4.20. The number of carboxylic acid groups (broad SMARTS) is 1. The highest BCUT2D eigenvalue weighted by molar-refractivity contribution is 5.76. The van der Waals surface area contributed by atoms with Crippen LogP contribution in [0.4, 0.5) is 5.82 Å². The molecule has 6 heteroatoms. The number of aryl methyl sites for hydroxylation is 1. The number of aromatic nitrogens is 2. The minimum Gasteiger partial charge on any atom is -0.481 e. The SMILES string of the molecule is CCCC1(C(=O)O)CCCN(c2cc(=O)[nH]c(CC)n2)C1. The Morgan fingerprint density at radius 3 is 2.90 bits per heavy atom. The molecule has 1 aromatic heterocycles. The number of rotatable bonds is 5. The Bertz CT molecular complexity index is 566. The largest absolute Gasteiger partial charge is 0.481 e. The van der Waals surface area contributed by atoms with Gasteiger partial charge in [0.15, 0.2) is 0 Å². The molecule has 0 amide bonds. The predicted octanol–water partition coefficient (Wildman–Crippen LogP) is 1.80. The number of nitrogens with zero attached hydrogens (tertiary/aromatic N) is 2. The highest BCUT2D eigenvalue weighted by Gasteiger charge is 2.42. The van der Waals surface area contributed by atoms with E-state index in [1.165, 1.54) is 6.07 Å². The molecule has 1 aliphatic heterocycles. The zero-order valence-corrected chi connectivity index (χ0v) is 12.7. The van der Waals surface area contributed by atoms with E-state index >= 15 is 0 Å². The fourth-order valence-corrected chi connectivity index (χ4v) is 3.11. The van der Waals surface area contributed by atoms with E-state index in [1.54, 1.807) is 0 Å². The van der Waals surface area contributed by atoms with Gasteiger partial charge in [0.25, 0.3) is 5.56 Å². The number of aliphatic carboxylic acids is 1. The van der Waals surface area contributed by atoms with Crippen LogP contribution in [0.5, 0.6) is 0 Å². The molecule has 21 heavy (non-hydrogen) atoms. The average molecular weight is 293 g/mol. The summed E-state index contributed by atoms with van der Waals surface area (Å²) in [6.45, 7) is 5.11. The summed E-state index contributed by atoms with van der Waals surface area (Å²) in [7, 11) is 0. The summed E-state index contributed by atoms with van der Waals surface area (Å²) in [5.41, 5.74) is -0.900. The number of hydrogen-bond donors (Lipinski definition) is 2. The van der Waals surface area contributed by atoms with Gasteiger partial charge in [-0.2, -0.15) is 0 Å². The van der Waals surface area contributed by atoms with Crippen molar-refractivity contribution in [3.05, 3.63) is 22.2 Å². The van der Waals surface area contributed by atoms with Gasteiger partial charge < -0.3 is 15.0 Å². The van der Waals surface area contributed by atoms with E-state index in [0.717, 1.165) is 19.4 Å². The molecule has 6 nitrogen and oxygen atoms in total. The molecule has 0 radical (unpaired) electrons. The van der Waals surface area contributed by atoms with Crippen LogP contribution >= 0.6 is 0 Å². The fourth-order valence-electron chi connectivity index (χ4n) is 3.11. The second-order valence-electron chi connectivity index (χ2n) is 5.76. The maximum absolute atomic E-state index is 11.7. The Labute approximate surface area is 124 Å². The Morgan fingerprint density at radius 2 is 2.29 bits per heavy atom. The van der Waals surface area contributed by atoms with E-state index in [0.29, 0.717) is 37.4 Å². The highest BCUT2D eigenvalue weighted by atomic mass is 16.4. The van der Waals surface area contributed by atoms with Crippen LogP contribution in [0.1, 0.15) is 45.4 Å². The average Bonchev–Trinajstić information content (AvgIpc) is 2.47. The molecule has 0 spiro atoms. The van der Waals surface area contributed by atoms with Crippen molar-refractivity contribution in [3.63, 3.8) is 0 Å². The number of hydrogen-bond acceptors (Lipinski definition) is 4. The molecule has 1 atom stereocenters. The van der Waals surface area contributed by atoms with Crippen molar-refractivity contribution in [3.8, 4) is 0 Å². The highest BCUT2D eigenvalue weighted by Crippen LogP contribution is 2.36. The number of anilines is 1. The van der Waals surface area contributed by atoms with Gasteiger partial charge in [-0.1, -0.05) is 20.3 Å². The van der Waals surface area contributed by atoms with Crippen LogP contribution in [0.3, 0.4) is 0 Å². The second kappa shape index (κ2) is 6.28. The Hall–Kier alpha value is -1.85. The number of aromatic amines is 1. The summed E-state index contributed by atoms with van der Waals surface area (Å²) in [6.07, 6.45) is 3.64. The number of carbonyl (C=O) groups is 1. The first-order valence-electron chi connectivity index (χ1n) is 7.59. The molecule has 0 aromatic carbocycles. The molecule has 1 unspecified atom stereocenters. The van der Waals surface area contributed by atoms with Crippen molar-refractivity contribution < 1.29 is 9.90 Å². The van der Waals surface area contributed by atoms with Crippen LogP contribution in [0.2, 0.25) is 0 Å². The smallest absolute Gasteiger partial charge is 0.311 e. The Morgan fingerprint density at radius 1 is 1.52 bits per heavy atom. The van der Waals surface area contributed by atoms with Crippen LogP contribution in [-0.4, -0.2) is 34.1 Å². The molecule has 1 saturated heterocycles. The van der Waals surface area contributed by atoms with E-state index in [2.05, 4.69) is 9.97 Å². The van der Waals surface area contributed by atoms with Gasteiger partial charge in [0, 0.05) is 25.6 Å². The molecule has 1 aliphatic rings. The molecule has 116 valence electrons. The predicted molar refractivity (Wildman–Crippen MR) is 80.7 cm³/mol. The molecule has 2 N–H and O–H groups in total. The van der Waals surface area contributed by atoms with Crippen molar-refractivity contribution in [2.24, 2.45) is 5.41 Å². The third kappa shape index (κ3) is 3.25. The summed E-state index contributed by atoms with van der Waals surface area (Å²) >= 11 is 0. The number of H-pyrrole nitrogens is 1. The van der Waals surface area contributed by atoms with Gasteiger partial charge in [-0.15, -0.1) is 0 Å². The molecule has 0 aliphatic carbocycles. The van der Waals surface area contributed by atoms with E-state index in [-0.39, 0.29) is 5.56 Å². The van der Waals surface area contributed by atoms with Gasteiger partial charge in [0.05, 0.1) is 5.41 Å². The van der Waals surface area contributed by atoms with E-state index < -0.39 is 11.4 Å². The third-order valence-corrected chi connectivity index (χ3v) is 4.20. The maximum Gasteiger partial charge on any atom is 0.311 e. The van der Waals surface area contributed by atoms with Gasteiger partial charge >= 0.3 is 5.97 Å². The van der Waals surface area contributed by atoms with Crippen molar-refractivity contribution in [2.75, 3.05) is 18.0 Å². The number of nitrogens with one attached hydrogen (secondary N) is 1. The van der Waals surface area contributed by atoms with Gasteiger partial charge in [-0.05, 0) is 19.3 Å². The van der Waals surface area contributed by atoms with E-state index in [1.807, 2.05) is 18.7 Å². The normalized spacial score (nSPS) is 22.3. The van der Waals surface area contributed by atoms with Gasteiger partial charge in [-0.25, -0.2) is 4.98 Å². The monoisotopic (exact) mass is 293 g/mol. The van der Waals surface area contributed by atoms with Crippen molar-refractivity contribution in [1.82, 2.24) is 9.97 Å². The lowest BCUT2D eigenvalue weighted by molar-refractivity contribution is -0.150. The van der Waals surface area contributed by atoms with Crippen LogP contribution in [0.25, 0.3) is 0 Å². The lowest BCUT2D eigenvalue weighted by Gasteiger charge is -2.40. The summed E-state index contributed by atoms with van der Waals surface area (Å²) in [5.74, 6) is 0.492. The topological polar surface area (TPSA) is 86.3 Å². The second-order valence-corrected chi connectivity index (χ2v) is 5.76. The minimum atomic E-state index is -0.741. The van der Waals surface area contributed by atoms with Crippen molar-refractivity contribution in [1.29, 1.82) is 0 Å². The Kier molecular flexibility index (Phi) is 4.65. The minimum absolute atomic E-state index is 0.182. The molecule has 2 heterocycles. The first-order valence-corrected chi connectivity index (χ1v) is 7.59. The first kappa shape index (κ1) is 15.5. The van der Waals surface area contributed by atoms with Crippen LogP contribution in [0.15, 0.2) is 10.9 Å². The van der Waals surface area contributed by atoms with E-state index in [9.17, 15) is 14.7 Å². The zero-order chi connectivity index (χ0) is 15.5. The van der Waals surface area contributed by atoms with Crippen molar-refractivity contribution >= 4 is 11.8 Å². The molecular weight excluding hydrogens is 270 g/mol. The maximum atomic E-state index is 11.7. The first-order chi connectivity index (χ1) is 10.0.